The standard InChI is InChI=1S/C14H16BrN3O/c1-9(2)12-7-13(18-17-12)16-14(19)11-5-3-10(8-15)4-6-11/h3-7,9H,8H2,1-2H3,(H2,16,17,18,19). The molecule has 1 aromatic heterocycles. The van der Waals surface area contributed by atoms with Gasteiger partial charge >= 0.3 is 0 Å². The number of anilines is 1. The Balaban J connectivity index is 2.06. The fraction of sp³-hybridized carbons (Fsp3) is 0.286. The van der Waals surface area contributed by atoms with Crippen molar-refractivity contribution in [2.75, 3.05) is 5.32 Å². The van der Waals surface area contributed by atoms with Gasteiger partial charge < -0.3 is 5.32 Å². The average molecular weight is 322 g/mol. The topological polar surface area (TPSA) is 57.8 Å². The summed E-state index contributed by atoms with van der Waals surface area (Å²) in [7, 11) is 0. The van der Waals surface area contributed by atoms with Gasteiger partial charge in [0.2, 0.25) is 0 Å². The van der Waals surface area contributed by atoms with Crippen LogP contribution >= 0.6 is 15.9 Å². The molecule has 0 aliphatic heterocycles. The molecular formula is C14H16BrN3O. The lowest BCUT2D eigenvalue weighted by molar-refractivity contribution is 0.102. The molecule has 4 nitrogen and oxygen atoms in total. The molecule has 0 aliphatic carbocycles. The van der Waals surface area contributed by atoms with Gasteiger partial charge in [0.25, 0.3) is 5.91 Å². The van der Waals surface area contributed by atoms with E-state index < -0.39 is 0 Å². The third-order valence-electron chi connectivity index (χ3n) is 2.83. The normalized spacial score (nSPS) is 10.7. The lowest BCUT2D eigenvalue weighted by Gasteiger charge is -2.02. The monoisotopic (exact) mass is 321 g/mol. The van der Waals surface area contributed by atoms with Crippen molar-refractivity contribution in [2.24, 2.45) is 0 Å². The maximum atomic E-state index is 12.0. The number of amides is 1. The molecule has 1 aromatic carbocycles. The second kappa shape index (κ2) is 6.02. The van der Waals surface area contributed by atoms with E-state index in [4.69, 9.17) is 0 Å². The van der Waals surface area contributed by atoms with Crippen molar-refractivity contribution in [3.05, 3.63) is 47.2 Å². The highest BCUT2D eigenvalue weighted by Gasteiger charge is 2.09. The van der Waals surface area contributed by atoms with E-state index in [-0.39, 0.29) is 5.91 Å². The van der Waals surface area contributed by atoms with Gasteiger partial charge in [0.15, 0.2) is 5.82 Å². The zero-order valence-electron chi connectivity index (χ0n) is 10.9. The Morgan fingerprint density at radius 2 is 2.05 bits per heavy atom. The largest absolute Gasteiger partial charge is 0.305 e. The fourth-order valence-corrected chi connectivity index (χ4v) is 2.00. The number of rotatable bonds is 4. The van der Waals surface area contributed by atoms with Crippen LogP contribution < -0.4 is 5.32 Å². The smallest absolute Gasteiger partial charge is 0.256 e. The highest BCUT2D eigenvalue weighted by molar-refractivity contribution is 9.08. The van der Waals surface area contributed by atoms with E-state index in [2.05, 4.69) is 45.3 Å². The molecule has 0 fully saturated rings. The second-order valence-corrected chi connectivity index (χ2v) is 5.21. The van der Waals surface area contributed by atoms with Crippen LogP contribution in [0.2, 0.25) is 0 Å². The Bertz CT molecular complexity index is 560. The number of carbonyl (C=O) groups excluding carboxylic acids is 1. The first-order valence-electron chi connectivity index (χ1n) is 6.11. The summed E-state index contributed by atoms with van der Waals surface area (Å²) in [6, 6.07) is 9.32. The van der Waals surface area contributed by atoms with Gasteiger partial charge in [-0.15, -0.1) is 0 Å². The molecule has 2 rings (SSSR count). The van der Waals surface area contributed by atoms with Crippen LogP contribution in [0.4, 0.5) is 5.82 Å². The van der Waals surface area contributed by atoms with E-state index in [0.717, 1.165) is 16.6 Å². The van der Waals surface area contributed by atoms with E-state index in [9.17, 15) is 4.79 Å². The number of hydrogen-bond acceptors (Lipinski definition) is 2. The molecule has 5 heteroatoms. The lowest BCUT2D eigenvalue weighted by atomic mass is 10.1. The van der Waals surface area contributed by atoms with Crippen LogP contribution in [0.1, 0.15) is 41.4 Å². The maximum absolute atomic E-state index is 12.0. The predicted molar refractivity (Wildman–Crippen MR) is 79.7 cm³/mol. The van der Waals surface area contributed by atoms with Crippen molar-refractivity contribution >= 4 is 27.7 Å². The third kappa shape index (κ3) is 3.44. The zero-order chi connectivity index (χ0) is 13.8. The molecule has 1 heterocycles. The Labute approximate surface area is 120 Å². The molecule has 0 saturated carbocycles. The summed E-state index contributed by atoms with van der Waals surface area (Å²) in [5.41, 5.74) is 2.77. The molecule has 100 valence electrons. The summed E-state index contributed by atoms with van der Waals surface area (Å²) in [6.07, 6.45) is 0. The van der Waals surface area contributed by atoms with E-state index in [1.165, 1.54) is 0 Å². The molecule has 0 bridgehead atoms. The second-order valence-electron chi connectivity index (χ2n) is 4.65. The van der Waals surface area contributed by atoms with E-state index in [1.54, 1.807) is 0 Å². The first-order chi connectivity index (χ1) is 9.10. The Morgan fingerprint density at radius 1 is 1.37 bits per heavy atom. The van der Waals surface area contributed by atoms with Gasteiger partial charge in [0, 0.05) is 22.7 Å². The number of alkyl halides is 1. The van der Waals surface area contributed by atoms with E-state index in [1.807, 2.05) is 30.3 Å². The summed E-state index contributed by atoms with van der Waals surface area (Å²) in [4.78, 5) is 12.0. The number of aromatic nitrogens is 2. The minimum absolute atomic E-state index is 0.150. The minimum atomic E-state index is -0.150. The fourth-order valence-electron chi connectivity index (χ4n) is 1.63. The summed E-state index contributed by atoms with van der Waals surface area (Å²) >= 11 is 3.37. The zero-order valence-corrected chi connectivity index (χ0v) is 12.5. The molecule has 0 spiro atoms. The first-order valence-corrected chi connectivity index (χ1v) is 7.24. The van der Waals surface area contributed by atoms with Crippen molar-refractivity contribution in [2.45, 2.75) is 25.1 Å². The predicted octanol–water partition coefficient (Wildman–Crippen LogP) is 3.68. The van der Waals surface area contributed by atoms with Crippen LogP contribution in [0.5, 0.6) is 0 Å². The average Bonchev–Trinajstić information content (AvgIpc) is 2.87. The molecule has 0 atom stereocenters. The Morgan fingerprint density at radius 3 is 2.58 bits per heavy atom. The van der Waals surface area contributed by atoms with Crippen molar-refractivity contribution in [1.82, 2.24) is 10.2 Å². The van der Waals surface area contributed by atoms with Crippen molar-refractivity contribution in [1.29, 1.82) is 0 Å². The van der Waals surface area contributed by atoms with Gasteiger partial charge in [-0.2, -0.15) is 5.10 Å². The van der Waals surface area contributed by atoms with Gasteiger partial charge in [-0.1, -0.05) is 41.9 Å². The van der Waals surface area contributed by atoms with Gasteiger partial charge in [-0.3, -0.25) is 9.89 Å². The molecule has 0 unspecified atom stereocenters. The summed E-state index contributed by atoms with van der Waals surface area (Å²) < 4.78 is 0. The highest BCUT2D eigenvalue weighted by atomic mass is 79.9. The number of carbonyl (C=O) groups is 1. The number of aromatic amines is 1. The van der Waals surface area contributed by atoms with Crippen LogP contribution in [0, 0.1) is 0 Å². The number of H-pyrrole nitrogens is 1. The van der Waals surface area contributed by atoms with Gasteiger partial charge in [0.05, 0.1) is 0 Å². The van der Waals surface area contributed by atoms with Crippen LogP contribution in [0.3, 0.4) is 0 Å². The summed E-state index contributed by atoms with van der Waals surface area (Å²) in [5, 5.41) is 10.5. The van der Waals surface area contributed by atoms with Crippen LogP contribution in [-0.2, 0) is 5.33 Å². The van der Waals surface area contributed by atoms with E-state index >= 15 is 0 Å². The van der Waals surface area contributed by atoms with Crippen LogP contribution in [0.15, 0.2) is 30.3 Å². The molecular weight excluding hydrogens is 306 g/mol. The number of hydrogen-bond donors (Lipinski definition) is 2. The van der Waals surface area contributed by atoms with Gasteiger partial charge in [-0.25, -0.2) is 0 Å². The SMILES string of the molecule is CC(C)c1cc(NC(=O)c2ccc(CBr)cc2)n[nH]1. The van der Waals surface area contributed by atoms with Crippen molar-refractivity contribution < 1.29 is 4.79 Å². The minimum Gasteiger partial charge on any atom is -0.305 e. The Kier molecular flexibility index (Phi) is 4.37. The highest BCUT2D eigenvalue weighted by Crippen LogP contribution is 2.16. The number of nitrogens with zero attached hydrogens (tertiary/aromatic N) is 1. The van der Waals surface area contributed by atoms with Gasteiger partial charge in [0.1, 0.15) is 0 Å². The maximum Gasteiger partial charge on any atom is 0.256 e. The van der Waals surface area contributed by atoms with Crippen LogP contribution in [0.25, 0.3) is 0 Å². The first kappa shape index (κ1) is 13.8. The molecule has 19 heavy (non-hydrogen) atoms. The number of halogens is 1. The Hall–Kier alpha value is -1.62. The number of benzene rings is 1. The van der Waals surface area contributed by atoms with Crippen molar-refractivity contribution in [3.8, 4) is 0 Å². The summed E-state index contributed by atoms with van der Waals surface area (Å²) in [6.45, 7) is 4.14. The molecule has 0 aliphatic rings. The molecule has 0 saturated heterocycles. The van der Waals surface area contributed by atoms with Crippen LogP contribution in [-0.4, -0.2) is 16.1 Å². The number of nitrogens with one attached hydrogen (secondary N) is 2. The molecule has 2 N–H and O–H groups in total. The summed E-state index contributed by atoms with van der Waals surface area (Å²) in [5.74, 6) is 0.762. The molecule has 0 radical (unpaired) electrons. The molecule has 1 amide bonds. The third-order valence-corrected chi connectivity index (χ3v) is 3.48. The van der Waals surface area contributed by atoms with Crippen molar-refractivity contribution in [3.63, 3.8) is 0 Å². The van der Waals surface area contributed by atoms with Gasteiger partial charge in [-0.05, 0) is 23.6 Å². The molecule has 2 aromatic rings. The lowest BCUT2D eigenvalue weighted by Crippen LogP contribution is -2.12. The quantitative estimate of drug-likeness (QED) is 0.844. The van der Waals surface area contributed by atoms with E-state index in [0.29, 0.717) is 17.3 Å².